The number of hydrogen-bond donors (Lipinski definition) is 0. The average molecular weight is 356 g/mol. The molecule has 5 heteroatoms. The fourth-order valence-corrected chi connectivity index (χ4v) is 0.232. The molecule has 0 bridgehead atoms. The molecule has 26 heavy (non-hydrogen) atoms. The summed E-state index contributed by atoms with van der Waals surface area (Å²) in [7, 11) is 3.28. The van der Waals surface area contributed by atoms with E-state index in [2.05, 4.69) is 22.1 Å². The van der Waals surface area contributed by atoms with Crippen LogP contribution in [0, 0.1) is 45.8 Å². The van der Waals surface area contributed by atoms with Gasteiger partial charge in [0.1, 0.15) is 0 Å². The Morgan fingerprint density at radius 3 is 1.04 bits per heavy atom. The molecule has 0 N–H and O–H groups in total. The number of rotatable bonds is 0. The topological polar surface area (TPSA) is 96.1 Å². The fraction of sp³-hybridized carbons (Fsp3) is 0.476. The number of allylic oxidation sites excluding steroid dienone is 6. The molecule has 0 fully saturated rings. The summed E-state index contributed by atoms with van der Waals surface area (Å²) in [6.07, 6.45) is 5.78. The van der Waals surface area contributed by atoms with Crippen LogP contribution in [0.15, 0.2) is 45.2 Å². The Labute approximate surface area is 161 Å². The first-order valence-electron chi connectivity index (χ1n) is 7.87. The Hall–Kier alpha value is -3.15. The van der Waals surface area contributed by atoms with E-state index in [1.807, 2.05) is 65.0 Å². The van der Waals surface area contributed by atoms with Gasteiger partial charge in [-0.2, -0.15) is 26.0 Å². The lowest BCUT2D eigenvalue weighted by atomic mass is 10.2. The van der Waals surface area contributed by atoms with Gasteiger partial charge in [0.15, 0.2) is 0 Å². The molecule has 0 atom stereocenters. The maximum absolute atomic E-state index is 8.18. The van der Waals surface area contributed by atoms with Crippen molar-refractivity contribution in [2.24, 2.45) is 10.2 Å². The molecule has 0 aromatic rings. The minimum absolute atomic E-state index is 0.493. The van der Waals surface area contributed by atoms with Crippen LogP contribution in [0.25, 0.3) is 0 Å². The monoisotopic (exact) mass is 355 g/mol. The highest BCUT2D eigenvalue weighted by Gasteiger charge is 1.89. The van der Waals surface area contributed by atoms with Crippen molar-refractivity contribution in [1.82, 2.24) is 0 Å². The molecule has 0 amide bonds. The van der Waals surface area contributed by atoms with Crippen molar-refractivity contribution in [2.75, 3.05) is 14.1 Å². The van der Waals surface area contributed by atoms with E-state index in [1.165, 1.54) is 0 Å². The van der Waals surface area contributed by atoms with Gasteiger partial charge in [0.25, 0.3) is 0 Å². The standard InChI is InChI=1S/C6H6N2.C5H7N.C4H8.C4H6.C2H6N2/c1-5(3-7)6(2)4-8;1-3-5(2)4-6;3*1-3-4-2/h1-2H3;3H,1-2H3;3-4H,1-2H3;2*1-2H3/b6-5+;5-3-;4-3+;;. The quantitative estimate of drug-likeness (QED) is 0.225. The van der Waals surface area contributed by atoms with Gasteiger partial charge in [-0.05, 0) is 55.4 Å². The van der Waals surface area contributed by atoms with E-state index < -0.39 is 0 Å². The summed E-state index contributed by atoms with van der Waals surface area (Å²) < 4.78 is 0. The first-order valence-corrected chi connectivity index (χ1v) is 7.87. The zero-order valence-corrected chi connectivity index (χ0v) is 18.0. The third kappa shape index (κ3) is 58.5. The summed E-state index contributed by atoms with van der Waals surface area (Å²) in [5, 5.41) is 31.1. The average Bonchev–Trinajstić information content (AvgIpc) is 2.72. The number of nitriles is 3. The molecule has 0 saturated heterocycles. The highest BCUT2D eigenvalue weighted by Crippen LogP contribution is 1.97. The number of azo groups is 1. The minimum Gasteiger partial charge on any atom is -0.198 e. The maximum Gasteiger partial charge on any atom is 0.0954 e. The molecule has 0 heterocycles. The van der Waals surface area contributed by atoms with E-state index >= 15 is 0 Å². The lowest BCUT2D eigenvalue weighted by Gasteiger charge is -1.81. The summed E-state index contributed by atoms with van der Waals surface area (Å²) in [5.74, 6) is 5.36. The van der Waals surface area contributed by atoms with Crippen LogP contribution >= 0.6 is 0 Å². The van der Waals surface area contributed by atoms with Gasteiger partial charge >= 0.3 is 0 Å². The van der Waals surface area contributed by atoms with Crippen molar-refractivity contribution in [1.29, 1.82) is 15.8 Å². The van der Waals surface area contributed by atoms with E-state index in [0.717, 1.165) is 5.57 Å². The number of nitrogens with zero attached hydrogens (tertiary/aromatic N) is 5. The molecule has 0 radical (unpaired) electrons. The molecule has 0 aliphatic carbocycles. The van der Waals surface area contributed by atoms with Gasteiger partial charge in [0, 0.05) is 30.8 Å². The van der Waals surface area contributed by atoms with E-state index in [1.54, 1.807) is 40.9 Å². The highest BCUT2D eigenvalue weighted by molar-refractivity contribution is 5.32. The molecule has 0 aliphatic heterocycles. The van der Waals surface area contributed by atoms with Crippen molar-refractivity contribution < 1.29 is 0 Å². The second-order valence-corrected chi connectivity index (χ2v) is 4.12. The molecule has 0 spiro atoms. The van der Waals surface area contributed by atoms with Crippen molar-refractivity contribution in [3.05, 3.63) is 34.9 Å². The molecule has 0 aromatic carbocycles. The van der Waals surface area contributed by atoms with Crippen molar-refractivity contribution in [2.45, 2.75) is 55.4 Å². The summed E-state index contributed by atoms with van der Waals surface area (Å²) in [5.41, 5.74) is 1.76. The van der Waals surface area contributed by atoms with Gasteiger partial charge in [0.2, 0.25) is 0 Å². The predicted molar refractivity (Wildman–Crippen MR) is 111 cm³/mol. The molecule has 5 nitrogen and oxygen atoms in total. The van der Waals surface area contributed by atoms with Gasteiger partial charge in [-0.15, -0.1) is 11.8 Å². The highest BCUT2D eigenvalue weighted by atomic mass is 15.0. The van der Waals surface area contributed by atoms with Crippen LogP contribution in [-0.4, -0.2) is 14.1 Å². The van der Waals surface area contributed by atoms with Crippen molar-refractivity contribution >= 4 is 0 Å². The Kier molecular flexibility index (Phi) is 49.8. The van der Waals surface area contributed by atoms with Crippen LogP contribution in [0.4, 0.5) is 0 Å². The third-order valence-electron chi connectivity index (χ3n) is 2.29. The normalized spacial score (nSPS) is 9.27. The molecule has 0 rings (SSSR count). The first kappa shape index (κ1) is 34.2. The second kappa shape index (κ2) is 37.8. The lowest BCUT2D eigenvalue weighted by molar-refractivity contribution is 1.11. The van der Waals surface area contributed by atoms with Crippen LogP contribution in [0.1, 0.15) is 55.4 Å². The third-order valence-corrected chi connectivity index (χ3v) is 2.29. The Balaban J connectivity index is -0.0000000734. The van der Waals surface area contributed by atoms with Gasteiger partial charge in [0.05, 0.1) is 18.2 Å². The zero-order valence-electron chi connectivity index (χ0n) is 18.0. The maximum atomic E-state index is 8.18. The summed E-state index contributed by atoms with van der Waals surface area (Å²) in [4.78, 5) is 0. The summed E-state index contributed by atoms with van der Waals surface area (Å²) >= 11 is 0. The molecule has 0 aliphatic rings. The number of hydrogen-bond acceptors (Lipinski definition) is 5. The van der Waals surface area contributed by atoms with Crippen LogP contribution < -0.4 is 0 Å². The molecule has 142 valence electrons. The van der Waals surface area contributed by atoms with Gasteiger partial charge in [-0.1, -0.05) is 18.2 Å². The minimum atomic E-state index is 0.493. The Morgan fingerprint density at radius 2 is 1.00 bits per heavy atom. The van der Waals surface area contributed by atoms with Gasteiger partial charge in [-0.3, -0.25) is 0 Å². The zero-order chi connectivity index (χ0) is 21.8. The predicted octanol–water partition coefficient (Wildman–Crippen LogP) is 6.16. The van der Waals surface area contributed by atoms with Crippen molar-refractivity contribution in [3.8, 4) is 30.0 Å². The molecular weight excluding hydrogens is 322 g/mol. The summed E-state index contributed by atoms with van der Waals surface area (Å²) in [6, 6.07) is 5.72. The van der Waals surface area contributed by atoms with Crippen molar-refractivity contribution in [3.63, 3.8) is 0 Å². The molecule has 0 saturated carbocycles. The summed E-state index contributed by atoms with van der Waals surface area (Å²) in [6.45, 7) is 14.5. The van der Waals surface area contributed by atoms with Gasteiger partial charge < -0.3 is 0 Å². The smallest absolute Gasteiger partial charge is 0.0954 e. The Morgan fingerprint density at radius 1 is 0.692 bits per heavy atom. The van der Waals surface area contributed by atoms with E-state index in [9.17, 15) is 0 Å². The van der Waals surface area contributed by atoms with Crippen LogP contribution in [-0.2, 0) is 0 Å². The molecule has 0 aromatic heterocycles. The fourth-order valence-electron chi connectivity index (χ4n) is 0.232. The first-order chi connectivity index (χ1) is 12.3. The van der Waals surface area contributed by atoms with Crippen LogP contribution in [0.2, 0.25) is 0 Å². The van der Waals surface area contributed by atoms with Crippen LogP contribution in [0.3, 0.4) is 0 Å². The lowest BCUT2D eigenvalue weighted by Crippen LogP contribution is -1.73. The van der Waals surface area contributed by atoms with Crippen LogP contribution in [0.5, 0.6) is 0 Å². The van der Waals surface area contributed by atoms with E-state index in [0.29, 0.717) is 11.1 Å². The second-order valence-electron chi connectivity index (χ2n) is 4.12. The van der Waals surface area contributed by atoms with Gasteiger partial charge in [-0.25, -0.2) is 0 Å². The molecular formula is C21H33N5. The Bertz CT molecular complexity index is 558. The molecule has 0 unspecified atom stereocenters. The van der Waals surface area contributed by atoms with E-state index in [-0.39, 0.29) is 0 Å². The SMILES string of the molecule is C/C(C#N)=C(/C)C#N.C/C=C(/C)C#N.C/C=C/C.CC#CC.CN=NC. The largest absolute Gasteiger partial charge is 0.198 e. The van der Waals surface area contributed by atoms with E-state index in [4.69, 9.17) is 15.8 Å².